The van der Waals surface area contributed by atoms with Crippen LogP contribution in [0.2, 0.25) is 0 Å². The highest BCUT2D eigenvalue weighted by Crippen LogP contribution is 2.42. The molecule has 0 saturated heterocycles. The van der Waals surface area contributed by atoms with Crippen LogP contribution in [0.4, 0.5) is 22.0 Å². The topological polar surface area (TPSA) is 64.0 Å². The lowest BCUT2D eigenvalue weighted by Crippen LogP contribution is -2.29. The Balaban J connectivity index is 1.73. The molecule has 3 rings (SSSR count). The molecule has 1 N–H and O–H groups in total. The van der Waals surface area contributed by atoms with Crippen molar-refractivity contribution in [2.75, 3.05) is 6.54 Å². The Morgan fingerprint density at radius 2 is 1.88 bits per heavy atom. The monoisotopic (exact) mass is 395 g/mol. The number of rotatable bonds is 6. The van der Waals surface area contributed by atoms with Gasteiger partial charge in [0.05, 0.1) is 6.54 Å². The highest BCUT2D eigenvalue weighted by atomic mass is 32.2. The fourth-order valence-corrected chi connectivity index (χ4v) is 3.61. The van der Waals surface area contributed by atoms with Crippen LogP contribution in [0.15, 0.2) is 29.2 Å². The third kappa shape index (κ3) is 4.04. The molecule has 1 aliphatic rings. The number of nitrogens with zero attached hydrogens (tertiary/aromatic N) is 2. The summed E-state index contributed by atoms with van der Waals surface area (Å²) in [6.45, 7) is -0.491. The predicted octanol–water partition coefficient (Wildman–Crippen LogP) is 3.04. The zero-order chi connectivity index (χ0) is 19.1. The Kier molecular flexibility index (Phi) is 4.78. The maximum absolute atomic E-state index is 13.6. The maximum Gasteiger partial charge on any atom is 0.435 e. The van der Waals surface area contributed by atoms with Crippen molar-refractivity contribution in [3.8, 4) is 0 Å². The molecule has 0 bridgehead atoms. The molecule has 26 heavy (non-hydrogen) atoms. The molecule has 1 aliphatic carbocycles. The Hall–Kier alpha value is -2.01. The summed E-state index contributed by atoms with van der Waals surface area (Å²) in [5.74, 6) is -2.09. The van der Waals surface area contributed by atoms with Crippen LogP contribution in [0.3, 0.4) is 0 Å². The van der Waals surface area contributed by atoms with Gasteiger partial charge in [-0.2, -0.15) is 18.3 Å². The van der Waals surface area contributed by atoms with E-state index >= 15 is 0 Å². The molecular formula is C15H14F5N3O2S. The first-order valence-electron chi connectivity index (χ1n) is 7.67. The summed E-state index contributed by atoms with van der Waals surface area (Å²) in [6, 6.07) is 2.94. The minimum atomic E-state index is -4.60. The average Bonchev–Trinajstić information content (AvgIpc) is 3.28. The largest absolute Gasteiger partial charge is 0.435 e. The standard InChI is InChI=1S/C15H14F5N3O2S/c16-10-3-4-11(17)13(7-10)26(24,25)21-5-6-23-12(9-1-2-9)8-14(22-23)15(18,19)20/h3-4,7-9,21H,1-2,5-6H2. The van der Waals surface area contributed by atoms with E-state index in [0.717, 1.165) is 29.7 Å². The zero-order valence-corrected chi connectivity index (χ0v) is 14.0. The summed E-state index contributed by atoms with van der Waals surface area (Å²) in [7, 11) is -4.35. The van der Waals surface area contributed by atoms with Gasteiger partial charge in [0.15, 0.2) is 5.69 Å². The van der Waals surface area contributed by atoms with Gasteiger partial charge in [-0.05, 0) is 37.1 Å². The molecule has 11 heteroatoms. The zero-order valence-electron chi connectivity index (χ0n) is 13.2. The molecule has 0 aliphatic heterocycles. The van der Waals surface area contributed by atoms with Gasteiger partial charge < -0.3 is 0 Å². The summed E-state index contributed by atoms with van der Waals surface area (Å²) < 4.78 is 92.5. The highest BCUT2D eigenvalue weighted by molar-refractivity contribution is 7.89. The number of alkyl halides is 3. The summed E-state index contributed by atoms with van der Waals surface area (Å²) in [6.07, 6.45) is -3.12. The Labute approximate surface area is 145 Å². The van der Waals surface area contributed by atoms with Crippen LogP contribution in [0.1, 0.15) is 30.1 Å². The minimum absolute atomic E-state index is 0.0316. The fraction of sp³-hybridized carbons (Fsp3) is 0.400. The molecule has 0 spiro atoms. The Morgan fingerprint density at radius 1 is 1.19 bits per heavy atom. The molecule has 1 fully saturated rings. The number of benzene rings is 1. The van der Waals surface area contributed by atoms with E-state index in [9.17, 15) is 30.4 Å². The van der Waals surface area contributed by atoms with Gasteiger partial charge in [0, 0.05) is 18.2 Å². The van der Waals surface area contributed by atoms with E-state index in [1.807, 2.05) is 4.72 Å². The van der Waals surface area contributed by atoms with Crippen molar-refractivity contribution in [1.82, 2.24) is 14.5 Å². The molecule has 1 aromatic heterocycles. The van der Waals surface area contributed by atoms with Gasteiger partial charge in [0.1, 0.15) is 16.5 Å². The van der Waals surface area contributed by atoms with Gasteiger partial charge in [0.25, 0.3) is 0 Å². The second-order valence-electron chi connectivity index (χ2n) is 5.92. The summed E-state index contributed by atoms with van der Waals surface area (Å²) >= 11 is 0. The number of nitrogens with one attached hydrogen (secondary N) is 1. The number of sulfonamides is 1. The van der Waals surface area contributed by atoms with Gasteiger partial charge in [-0.15, -0.1) is 0 Å². The van der Waals surface area contributed by atoms with Crippen molar-refractivity contribution >= 4 is 10.0 Å². The lowest BCUT2D eigenvalue weighted by molar-refractivity contribution is -0.141. The first-order chi connectivity index (χ1) is 12.1. The molecule has 0 radical (unpaired) electrons. The van der Waals surface area contributed by atoms with E-state index in [4.69, 9.17) is 0 Å². The SMILES string of the molecule is O=S(=O)(NCCn1nc(C(F)(F)F)cc1C1CC1)c1cc(F)ccc1F. The molecular weight excluding hydrogens is 381 g/mol. The van der Waals surface area contributed by atoms with Crippen molar-refractivity contribution < 1.29 is 30.4 Å². The highest BCUT2D eigenvalue weighted by Gasteiger charge is 2.37. The van der Waals surface area contributed by atoms with Gasteiger partial charge in [-0.3, -0.25) is 4.68 Å². The van der Waals surface area contributed by atoms with E-state index in [-0.39, 0.29) is 19.0 Å². The van der Waals surface area contributed by atoms with Crippen LogP contribution in [0.25, 0.3) is 0 Å². The maximum atomic E-state index is 13.6. The number of hydrogen-bond acceptors (Lipinski definition) is 3. The van der Waals surface area contributed by atoms with Crippen molar-refractivity contribution in [2.24, 2.45) is 0 Å². The van der Waals surface area contributed by atoms with Crippen LogP contribution in [-0.2, 0) is 22.7 Å². The smallest absolute Gasteiger partial charge is 0.267 e. The van der Waals surface area contributed by atoms with Crippen molar-refractivity contribution in [3.05, 3.63) is 47.3 Å². The van der Waals surface area contributed by atoms with E-state index in [0.29, 0.717) is 17.8 Å². The van der Waals surface area contributed by atoms with E-state index in [2.05, 4.69) is 5.10 Å². The molecule has 0 amide bonds. The third-order valence-electron chi connectivity index (χ3n) is 3.90. The normalized spacial score (nSPS) is 15.4. The van der Waals surface area contributed by atoms with E-state index < -0.39 is 38.4 Å². The third-order valence-corrected chi connectivity index (χ3v) is 5.37. The van der Waals surface area contributed by atoms with Crippen molar-refractivity contribution in [3.63, 3.8) is 0 Å². The van der Waals surface area contributed by atoms with E-state index in [1.54, 1.807) is 0 Å². The lowest BCUT2D eigenvalue weighted by atomic mass is 10.2. The molecule has 2 aromatic rings. The van der Waals surface area contributed by atoms with Crippen LogP contribution >= 0.6 is 0 Å². The van der Waals surface area contributed by atoms with Crippen LogP contribution in [0, 0.1) is 11.6 Å². The molecule has 1 saturated carbocycles. The van der Waals surface area contributed by atoms with Crippen LogP contribution < -0.4 is 4.72 Å². The van der Waals surface area contributed by atoms with Crippen LogP contribution in [0.5, 0.6) is 0 Å². The van der Waals surface area contributed by atoms with Gasteiger partial charge in [-0.1, -0.05) is 0 Å². The van der Waals surface area contributed by atoms with E-state index in [1.165, 1.54) is 0 Å². The summed E-state index contributed by atoms with van der Waals surface area (Å²) in [5.41, 5.74) is -0.660. The van der Waals surface area contributed by atoms with Crippen LogP contribution in [-0.4, -0.2) is 24.7 Å². The molecule has 0 atom stereocenters. The molecule has 1 heterocycles. The van der Waals surface area contributed by atoms with Gasteiger partial charge in [-0.25, -0.2) is 21.9 Å². The second-order valence-corrected chi connectivity index (χ2v) is 7.66. The molecule has 1 aromatic carbocycles. The van der Waals surface area contributed by atoms with Crippen molar-refractivity contribution in [2.45, 2.75) is 36.4 Å². The van der Waals surface area contributed by atoms with Crippen molar-refractivity contribution in [1.29, 1.82) is 0 Å². The Bertz CT molecular complexity index is 920. The summed E-state index contributed by atoms with van der Waals surface area (Å²) in [4.78, 5) is -0.864. The second kappa shape index (κ2) is 6.62. The lowest BCUT2D eigenvalue weighted by Gasteiger charge is -2.10. The first kappa shape index (κ1) is 18.8. The predicted molar refractivity (Wildman–Crippen MR) is 80.8 cm³/mol. The number of halogens is 5. The summed E-state index contributed by atoms with van der Waals surface area (Å²) in [5, 5.41) is 3.49. The number of aromatic nitrogens is 2. The number of hydrogen-bond donors (Lipinski definition) is 1. The van der Waals surface area contributed by atoms with Gasteiger partial charge >= 0.3 is 6.18 Å². The average molecular weight is 395 g/mol. The molecule has 5 nitrogen and oxygen atoms in total. The first-order valence-corrected chi connectivity index (χ1v) is 9.16. The van der Waals surface area contributed by atoms with Gasteiger partial charge in [0.2, 0.25) is 10.0 Å². The minimum Gasteiger partial charge on any atom is -0.267 e. The molecule has 142 valence electrons. The Morgan fingerprint density at radius 3 is 2.50 bits per heavy atom. The quantitative estimate of drug-likeness (QED) is 0.765. The fourth-order valence-electron chi connectivity index (χ4n) is 2.50. The molecule has 0 unspecified atom stereocenters.